The number of hydrogen-bond donors (Lipinski definition) is 1. The Balaban J connectivity index is 0. The van der Waals surface area contributed by atoms with E-state index in [0.717, 1.165) is 19.3 Å². The maximum absolute atomic E-state index is 11.6. The van der Waals surface area contributed by atoms with Gasteiger partial charge in [-0.05, 0) is 6.42 Å². The second-order valence-electron chi connectivity index (χ2n) is 4.97. The molecule has 0 fully saturated rings. The number of rotatable bonds is 11. The van der Waals surface area contributed by atoms with Gasteiger partial charge in [-0.25, -0.2) is 0 Å². The van der Waals surface area contributed by atoms with Crippen LogP contribution in [0.5, 0.6) is 0 Å². The molecule has 0 atom stereocenters. The maximum Gasteiger partial charge on any atom is 0.266 e. The molecule has 0 aromatic heterocycles. The molecule has 0 aliphatic heterocycles. The van der Waals surface area contributed by atoms with Crippen LogP contribution in [0.15, 0.2) is 0 Å². The fraction of sp³-hybridized carbons (Fsp3) is 0.923. The van der Waals surface area contributed by atoms with Gasteiger partial charge < -0.3 is 4.90 Å². The van der Waals surface area contributed by atoms with Crippen molar-refractivity contribution in [3.8, 4) is 0 Å². The molecule has 0 saturated carbocycles. The molecule has 1 amide bonds. The van der Waals surface area contributed by atoms with Crippen LogP contribution >= 0.6 is 0 Å². The van der Waals surface area contributed by atoms with E-state index in [-0.39, 0.29) is 42.0 Å². The van der Waals surface area contributed by atoms with Crippen molar-refractivity contribution in [1.82, 2.24) is 4.90 Å². The van der Waals surface area contributed by atoms with Crippen LogP contribution in [0, 0.1) is 0 Å². The van der Waals surface area contributed by atoms with Crippen LogP contribution in [0.1, 0.15) is 58.3 Å². The van der Waals surface area contributed by atoms with Gasteiger partial charge in [-0.1, -0.05) is 45.4 Å². The van der Waals surface area contributed by atoms with Gasteiger partial charge in [-0.3, -0.25) is 9.35 Å². The Morgan fingerprint density at radius 2 is 1.55 bits per heavy atom. The third-order valence-corrected chi connectivity index (χ3v) is 3.80. The molecule has 5 nitrogen and oxygen atoms in total. The second-order valence-corrected chi connectivity index (χ2v) is 6.54. The number of hydrogen-bond acceptors (Lipinski definition) is 3. The van der Waals surface area contributed by atoms with Crippen LogP contribution in [0.4, 0.5) is 0 Å². The minimum Gasteiger partial charge on any atom is -0.345 e. The third kappa shape index (κ3) is 14.8. The SMILES string of the molecule is CCCCCCCCCC(=O)N(C)CCS(=O)(=O)O.[Na]. The Hall–Kier alpha value is 0.380. The number of nitrogens with zero attached hydrogens (tertiary/aromatic N) is 1. The van der Waals surface area contributed by atoms with Crippen molar-refractivity contribution in [3.63, 3.8) is 0 Å². The van der Waals surface area contributed by atoms with E-state index in [9.17, 15) is 13.2 Å². The molecule has 0 spiro atoms. The Morgan fingerprint density at radius 3 is 2.05 bits per heavy atom. The summed E-state index contributed by atoms with van der Waals surface area (Å²) in [5, 5.41) is 0. The van der Waals surface area contributed by atoms with Gasteiger partial charge >= 0.3 is 0 Å². The average Bonchev–Trinajstić information content (AvgIpc) is 2.33. The Bertz CT molecular complexity index is 346. The van der Waals surface area contributed by atoms with Crippen LogP contribution in [0.25, 0.3) is 0 Å². The first-order chi connectivity index (χ1) is 8.87. The molecule has 0 aliphatic rings. The fourth-order valence-corrected chi connectivity index (χ4v) is 2.31. The van der Waals surface area contributed by atoms with Crippen LogP contribution in [-0.2, 0) is 14.9 Å². The van der Waals surface area contributed by atoms with Gasteiger partial charge in [0.2, 0.25) is 5.91 Å². The zero-order chi connectivity index (χ0) is 14.7. The van der Waals surface area contributed by atoms with Crippen molar-refractivity contribution in [2.24, 2.45) is 0 Å². The number of carbonyl (C=O) groups excluding carboxylic acids is 1. The maximum atomic E-state index is 11.6. The molecule has 0 aromatic rings. The summed E-state index contributed by atoms with van der Waals surface area (Å²) in [7, 11) is -2.42. The molecule has 0 aromatic carbocycles. The molecule has 7 heteroatoms. The number of carbonyl (C=O) groups is 1. The summed E-state index contributed by atoms with van der Waals surface area (Å²) >= 11 is 0. The average molecular weight is 316 g/mol. The molecular weight excluding hydrogens is 289 g/mol. The topological polar surface area (TPSA) is 74.7 Å². The van der Waals surface area contributed by atoms with Gasteiger partial charge in [0.1, 0.15) is 0 Å². The molecule has 0 bridgehead atoms. The summed E-state index contributed by atoms with van der Waals surface area (Å²) in [5.74, 6) is -0.455. The van der Waals surface area contributed by atoms with E-state index in [4.69, 9.17) is 4.55 Å². The first-order valence-corrected chi connectivity index (χ1v) is 8.67. The van der Waals surface area contributed by atoms with Gasteiger partial charge in [0.05, 0.1) is 5.75 Å². The summed E-state index contributed by atoms with van der Waals surface area (Å²) in [4.78, 5) is 13.0. The van der Waals surface area contributed by atoms with E-state index < -0.39 is 15.9 Å². The van der Waals surface area contributed by atoms with E-state index in [1.165, 1.54) is 30.6 Å². The Morgan fingerprint density at radius 1 is 1.05 bits per heavy atom. The molecule has 1 radical (unpaired) electrons. The van der Waals surface area contributed by atoms with E-state index in [0.29, 0.717) is 6.42 Å². The number of amides is 1. The van der Waals surface area contributed by atoms with Crippen molar-refractivity contribution >= 4 is 45.6 Å². The van der Waals surface area contributed by atoms with Gasteiger partial charge in [0.15, 0.2) is 0 Å². The summed E-state index contributed by atoms with van der Waals surface area (Å²) in [6, 6.07) is 0. The van der Waals surface area contributed by atoms with Crippen LogP contribution in [0.3, 0.4) is 0 Å². The zero-order valence-corrected chi connectivity index (χ0v) is 15.9. The van der Waals surface area contributed by atoms with Crippen LogP contribution < -0.4 is 0 Å². The number of unbranched alkanes of at least 4 members (excludes halogenated alkanes) is 6. The molecule has 0 rings (SSSR count). The molecule has 0 heterocycles. The van der Waals surface area contributed by atoms with E-state index in [1.54, 1.807) is 7.05 Å². The fourth-order valence-electron chi connectivity index (χ4n) is 1.80. The minimum atomic E-state index is -3.98. The summed E-state index contributed by atoms with van der Waals surface area (Å²) < 4.78 is 29.7. The minimum absolute atomic E-state index is 0. The normalized spacial score (nSPS) is 10.9. The molecule has 0 unspecified atom stereocenters. The van der Waals surface area contributed by atoms with Crippen molar-refractivity contribution in [1.29, 1.82) is 0 Å². The summed E-state index contributed by atoms with van der Waals surface area (Å²) in [5.41, 5.74) is 0. The molecule has 20 heavy (non-hydrogen) atoms. The third-order valence-electron chi connectivity index (χ3n) is 3.10. The summed E-state index contributed by atoms with van der Waals surface area (Å²) in [6.45, 7) is 2.23. The molecule has 115 valence electrons. The van der Waals surface area contributed by atoms with Crippen molar-refractivity contribution in [2.45, 2.75) is 58.3 Å². The van der Waals surface area contributed by atoms with Crippen molar-refractivity contribution in [3.05, 3.63) is 0 Å². The molecule has 1 N–H and O–H groups in total. The zero-order valence-electron chi connectivity index (χ0n) is 13.1. The predicted molar refractivity (Wildman–Crippen MR) is 82.4 cm³/mol. The first-order valence-electron chi connectivity index (χ1n) is 7.06. The first kappa shape index (κ1) is 22.7. The van der Waals surface area contributed by atoms with Crippen molar-refractivity contribution < 1.29 is 17.8 Å². The quantitative estimate of drug-likeness (QED) is 0.360. The largest absolute Gasteiger partial charge is 0.345 e. The van der Waals surface area contributed by atoms with E-state index >= 15 is 0 Å². The molecule has 0 saturated heterocycles. The smallest absolute Gasteiger partial charge is 0.266 e. The van der Waals surface area contributed by atoms with Gasteiger partial charge in [0.25, 0.3) is 10.1 Å². The molecule has 0 aliphatic carbocycles. The summed E-state index contributed by atoms with van der Waals surface area (Å²) in [6.07, 6.45) is 8.49. The van der Waals surface area contributed by atoms with Crippen LogP contribution in [0.2, 0.25) is 0 Å². The predicted octanol–water partition coefficient (Wildman–Crippen LogP) is 2.09. The van der Waals surface area contributed by atoms with Gasteiger partial charge in [0, 0.05) is 49.6 Å². The Labute approximate surface area is 145 Å². The molecular formula is C13H27NNaO4S. The van der Waals surface area contributed by atoms with E-state index in [1.807, 2.05) is 0 Å². The second kappa shape index (κ2) is 13.1. The van der Waals surface area contributed by atoms with Crippen LogP contribution in [-0.4, -0.2) is 72.7 Å². The van der Waals surface area contributed by atoms with Crippen molar-refractivity contribution in [2.75, 3.05) is 19.3 Å². The van der Waals surface area contributed by atoms with Gasteiger partial charge in [-0.2, -0.15) is 8.42 Å². The van der Waals surface area contributed by atoms with Gasteiger partial charge in [-0.15, -0.1) is 0 Å². The standard InChI is InChI=1S/C13H27NO4S.Na/c1-3-4-5-6-7-8-9-10-13(15)14(2)11-12-19(16,17)18;/h3-12H2,1-2H3,(H,16,17,18);. The van der Waals surface area contributed by atoms with E-state index in [2.05, 4.69) is 6.92 Å². The monoisotopic (exact) mass is 316 g/mol. The Kier molecular flexibility index (Phi) is 14.8.